The number of sulfonamides is 2. The van der Waals surface area contributed by atoms with Crippen molar-refractivity contribution < 1.29 is 76.2 Å². The van der Waals surface area contributed by atoms with E-state index in [1.807, 2.05) is 180 Å². The number of anilines is 3. The lowest BCUT2D eigenvalue weighted by atomic mass is 9.93. The fraction of sp³-hybridized carbons (Fsp3) is 0.310. The van der Waals surface area contributed by atoms with E-state index >= 15 is 0 Å². The van der Waals surface area contributed by atoms with E-state index in [4.69, 9.17) is 56.8 Å². The Balaban J connectivity index is 0.000000171. The zero-order chi connectivity index (χ0) is 100. The van der Waals surface area contributed by atoms with E-state index in [2.05, 4.69) is 0 Å². The molecule has 6 aliphatic heterocycles. The van der Waals surface area contributed by atoms with E-state index in [9.17, 15) is 30.0 Å². The Hall–Kier alpha value is -9.03. The second kappa shape index (κ2) is 34.3. The van der Waals surface area contributed by atoms with E-state index in [0.29, 0.717) is 72.6 Å². The molecule has 15 rings (SSSR count). The minimum absolute atomic E-state index is 0.0204. The summed E-state index contributed by atoms with van der Waals surface area (Å²) in [4.78, 5) is 17.3. The van der Waals surface area contributed by atoms with Gasteiger partial charge in [0, 0.05) is 252 Å². The number of fused-ring (bicyclic) bond motifs is 6. The maximum atomic E-state index is 14.7. The van der Waals surface area contributed by atoms with Crippen molar-refractivity contribution in [1.82, 2.24) is 37.9 Å². The summed E-state index contributed by atoms with van der Waals surface area (Å²) in [6.45, 7) is -33.6. The summed E-state index contributed by atoms with van der Waals surface area (Å²) >= 11 is 1.52. The van der Waals surface area contributed by atoms with Gasteiger partial charge in [-0.1, -0.05) is 83.6 Å². The van der Waals surface area contributed by atoms with Crippen molar-refractivity contribution in [3.8, 4) is 67.4 Å². The topological polar surface area (TPSA) is 211 Å². The molecule has 6 aromatic rings. The number of benzene rings is 9. The maximum Gasteiger partial charge on any atom is 0.261 e. The minimum Gasteiger partial charge on any atom is -0.456 e. The highest BCUT2D eigenvalue weighted by Gasteiger charge is 2.35. The number of piperidine rings is 1. The average Bonchev–Trinajstić information content (AvgIpc) is 0.671. The first-order valence-corrected chi connectivity index (χ1v) is 40.5. The molecule has 0 radical (unpaired) electrons. The Morgan fingerprint density at radius 2 is 0.764 bits per heavy atom. The lowest BCUT2D eigenvalue weighted by molar-refractivity contribution is -0.129. The van der Waals surface area contributed by atoms with Crippen molar-refractivity contribution in [2.75, 3.05) is 169 Å². The normalized spacial score (nSPS) is 23.2. The van der Waals surface area contributed by atoms with Crippen molar-refractivity contribution in [3.63, 3.8) is 0 Å². The van der Waals surface area contributed by atoms with Gasteiger partial charge in [0.05, 0.1) is 42.8 Å². The first-order valence-electron chi connectivity index (χ1n) is 45.8. The number of carbonyl (C=O) groups excluding carboxylic acids is 1. The van der Waals surface area contributed by atoms with E-state index in [1.165, 1.54) is 59.0 Å². The summed E-state index contributed by atoms with van der Waals surface area (Å²) in [6.07, 6.45) is -5.67. The van der Waals surface area contributed by atoms with Crippen LogP contribution >= 0.6 is 33.3 Å². The number of rotatable bonds is 12. The summed E-state index contributed by atoms with van der Waals surface area (Å²) in [7, 11) is 13.9. The average molecular weight is 1700 g/mol. The number of carbonyl (C=O) groups is 1. The van der Waals surface area contributed by atoms with Crippen LogP contribution in [0.2, 0.25) is 0 Å². The quantitative estimate of drug-likeness (QED) is 0.0383. The SMILES string of the molecule is CN(C)c1ccc2c(-c3ccccc3S(=O)(=O)Cl)c3ccc(=[N+](C)C)cc-3oc2c1.[2H]C1([2H])CC([2H])([2H])C([2H])([2H])NC1([2H])[2H].[2H]C1([2H])N(C(=O)CI)C([2H])([2H])C([2H])([2H])N(S(=O)(=O)c2ccccc2-c2c3ccc(=[N+](C)C)cc-3oc3cc(N(C)C)ccc23)C1([2H])[2H].[2H]C1([2H])NC([2H])([2H])C([2H])([2H])N(S(=O)(=O)c2ccccc2-c2c3ccc(=[N+](C)C)cc-3oc3cc(N(C)C)ccc23)C1([2H])[2H]. The van der Waals surface area contributed by atoms with E-state index in [-0.39, 0.29) is 25.2 Å². The van der Waals surface area contributed by atoms with Crippen LogP contribution in [0.1, 0.15) is 52.1 Å². The molecular weight excluding hydrogens is 1580 g/mol. The lowest BCUT2D eigenvalue weighted by Gasteiger charge is -2.34. The predicted octanol–water partition coefficient (Wildman–Crippen LogP) is 11.5. The molecule has 21 nitrogen and oxygen atoms in total. The molecule has 26 heteroatoms. The molecule has 6 aromatic carbocycles. The van der Waals surface area contributed by atoms with Gasteiger partial charge in [0.1, 0.15) is 76.3 Å². The molecular formula is C84H96ClIN11O10S3+3. The number of nitrogens with zero attached hydrogens (tertiary/aromatic N) is 9. The molecule has 0 saturated carbocycles. The Labute approximate surface area is 696 Å². The Morgan fingerprint density at radius 1 is 0.436 bits per heavy atom. The Kier molecular flexibility index (Phi) is 17.0. The van der Waals surface area contributed by atoms with Gasteiger partial charge in [-0.3, -0.25) is 4.79 Å². The number of piperazine rings is 2. The van der Waals surface area contributed by atoms with Crippen molar-refractivity contribution in [1.29, 1.82) is 0 Å². The summed E-state index contributed by atoms with van der Waals surface area (Å²) in [5, 5.41) is 7.83. The zero-order valence-electron chi connectivity index (χ0n) is 85.8. The molecule has 0 atom stereocenters. The van der Waals surface area contributed by atoms with Crippen molar-refractivity contribution in [3.05, 3.63) is 198 Å². The van der Waals surface area contributed by atoms with E-state index < -0.39 is 138 Å². The van der Waals surface area contributed by atoms with E-state index in [1.54, 1.807) is 83.4 Å². The van der Waals surface area contributed by atoms with Crippen LogP contribution in [0.3, 0.4) is 0 Å². The van der Waals surface area contributed by atoms with Crippen LogP contribution in [-0.4, -0.2) is 199 Å². The third kappa shape index (κ3) is 17.4. The molecule has 6 heterocycles. The predicted molar refractivity (Wildman–Crippen MR) is 455 cm³/mol. The Morgan fingerprint density at radius 3 is 1.09 bits per heavy atom. The lowest BCUT2D eigenvalue weighted by Crippen LogP contribution is -2.50. The van der Waals surface area contributed by atoms with Gasteiger partial charge in [0.15, 0.2) is 0 Å². The molecule has 0 bridgehead atoms. The second-order valence-corrected chi connectivity index (χ2v) is 33.0. The van der Waals surface area contributed by atoms with Gasteiger partial charge >= 0.3 is 0 Å². The van der Waals surface area contributed by atoms with Crippen LogP contribution in [0.5, 0.6) is 0 Å². The first-order chi connectivity index (χ1) is 61.4. The highest BCUT2D eigenvalue weighted by molar-refractivity contribution is 14.1. The van der Waals surface area contributed by atoms with Gasteiger partial charge in [-0.25, -0.2) is 39.0 Å². The molecule has 2 N–H and O–H groups in total. The van der Waals surface area contributed by atoms with Crippen molar-refractivity contribution in [2.45, 2.75) is 33.9 Å². The molecule has 3 aliphatic carbocycles. The summed E-state index contributed by atoms with van der Waals surface area (Å²) in [6, 6.07) is 51.2. The molecule has 9 aliphatic rings. The van der Waals surface area contributed by atoms with Gasteiger partial charge in [-0.2, -0.15) is 8.61 Å². The molecule has 0 spiro atoms. The first kappa shape index (κ1) is 54.6. The van der Waals surface area contributed by atoms with Gasteiger partial charge in [-0.05, 0) is 98.5 Å². The van der Waals surface area contributed by atoms with Crippen LogP contribution in [0.25, 0.3) is 100 Å². The van der Waals surface area contributed by atoms with Gasteiger partial charge < -0.3 is 43.5 Å². The van der Waals surface area contributed by atoms with Crippen LogP contribution in [0.4, 0.5) is 17.1 Å². The Bertz CT molecular complexity index is 7080. The highest BCUT2D eigenvalue weighted by Crippen LogP contribution is 2.47. The van der Waals surface area contributed by atoms with Gasteiger partial charge in [-0.15, -0.1) is 0 Å². The number of halogens is 2. The number of hydrogen-bond acceptors (Lipinski definition) is 15. The number of alkyl halides is 1. The minimum atomic E-state index is -5.42. The van der Waals surface area contributed by atoms with Gasteiger partial charge in [0.2, 0.25) is 42.0 Å². The molecule has 3 fully saturated rings. The molecule has 0 unspecified atom stereocenters. The zero-order valence-corrected chi connectivity index (χ0v) is 67.2. The maximum absolute atomic E-state index is 14.7. The molecule has 3 saturated heterocycles. The summed E-state index contributed by atoms with van der Waals surface area (Å²) in [5.74, 6) is 0.246. The molecule has 0 aromatic heterocycles. The second-order valence-electron chi connectivity index (χ2n) is 26.2. The molecule has 576 valence electrons. The fourth-order valence-electron chi connectivity index (χ4n) is 12.2. The number of amides is 1. The van der Waals surface area contributed by atoms with E-state index in [0.717, 1.165) is 55.7 Å². The number of hydrogen-bond donors (Lipinski definition) is 2. The highest BCUT2D eigenvalue weighted by atomic mass is 127. The van der Waals surface area contributed by atoms with Crippen LogP contribution in [0, 0.1) is 0 Å². The van der Waals surface area contributed by atoms with Crippen molar-refractivity contribution in [2.24, 2.45) is 0 Å². The van der Waals surface area contributed by atoms with Crippen molar-refractivity contribution >= 4 is 118 Å². The number of nitrogens with one attached hydrogen (secondary N) is 2. The van der Waals surface area contributed by atoms with Gasteiger partial charge in [0.25, 0.3) is 9.05 Å². The molecule has 1 amide bonds. The third-order valence-corrected chi connectivity index (χ3v) is 22.9. The summed E-state index contributed by atoms with van der Waals surface area (Å²) < 4.78 is 299. The third-order valence-electron chi connectivity index (χ3n) is 17.7. The standard InChI is InChI=1S/C29H32IN4O4S.C27H31N4O3S.C23H22ClN2O3S.C5H11N/c1-31(2)20-9-11-22-25(17-20)38-26-18-21(32(3)4)10-12-23(26)29(22)24-7-5-6-8-27(24)39(36,37)34-15-13-33(14-16-34)28(35)19-30;1-29(2)19-9-11-21-24(17-19)34-25-18-20(30(3)4)10-12-22(25)27(21)23-7-5-6-8-26(23)35(32,33)31-15-13-28-14-16-31;1-25(2)15-9-11-17-20(13-15)29-21-14-16(26(3)4)10-12-18(21)23(17)19-7-5-6-8-22(19)30(24,27)28;1-2-4-6-5-3-1/h5-12,17-18H,13-16,19H2,1-4H3;5-12,17-18,28H,13-16H2,1-4H3;5-14H,1-4H3;6H,1-5H2/q3*+1;/i2*13D2,14D2,15D2,16D2;;2D2,3D2,4D2,5D2. The monoisotopic (exact) mass is 1700 g/mol. The smallest absolute Gasteiger partial charge is 0.261 e. The molecule has 110 heavy (non-hydrogen) atoms. The van der Waals surface area contributed by atoms with Crippen LogP contribution in [0.15, 0.2) is 210 Å². The largest absolute Gasteiger partial charge is 0.456 e. The summed E-state index contributed by atoms with van der Waals surface area (Å²) in [5.41, 5.74) is 8.11. The van der Waals surface area contributed by atoms with Crippen LogP contribution in [-0.2, 0) is 33.9 Å². The fourth-order valence-corrected chi connectivity index (χ4v) is 16.0. The van der Waals surface area contributed by atoms with Crippen LogP contribution < -0.4 is 55.1 Å².